The lowest BCUT2D eigenvalue weighted by molar-refractivity contribution is -0.129. The lowest BCUT2D eigenvalue weighted by atomic mass is 10.1. The average Bonchev–Trinajstić information content (AvgIpc) is 2.95. The molecular weight excluding hydrogens is 429 g/mol. The van der Waals surface area contributed by atoms with Gasteiger partial charge in [0.05, 0.1) is 0 Å². The van der Waals surface area contributed by atoms with E-state index >= 15 is 0 Å². The minimum absolute atomic E-state index is 0.250. The Bertz CT molecular complexity index is 899. The zero-order chi connectivity index (χ0) is 17.8. The molecule has 4 nitrogen and oxygen atoms in total. The molecule has 0 unspecified atom stereocenters. The normalized spacial score (nSPS) is 15.0. The van der Waals surface area contributed by atoms with Gasteiger partial charge in [0, 0.05) is 14.7 Å². The van der Waals surface area contributed by atoms with Crippen molar-refractivity contribution in [1.29, 1.82) is 0 Å². The molecule has 0 bridgehead atoms. The number of carbonyl (C=O) groups excluding carboxylic acids is 1. The quantitative estimate of drug-likeness (QED) is 0.293. The van der Waals surface area contributed by atoms with Crippen LogP contribution in [0.15, 0.2) is 71.4 Å². The number of carbonyl (C=O) groups is 1. The summed E-state index contributed by atoms with van der Waals surface area (Å²) in [7, 11) is 0. The Morgan fingerprint density at radius 2 is 2.08 bits per heavy atom. The van der Waals surface area contributed by atoms with Crippen LogP contribution in [0.25, 0.3) is 6.08 Å². The number of cyclic esters (lactones) is 1. The van der Waals surface area contributed by atoms with E-state index in [9.17, 15) is 4.79 Å². The van der Waals surface area contributed by atoms with Crippen LogP contribution in [0.2, 0.25) is 0 Å². The fraction of sp³-hybridized carbons (Fsp3) is 0.100. The van der Waals surface area contributed by atoms with Crippen molar-refractivity contribution < 1.29 is 14.3 Å². The molecule has 0 fully saturated rings. The Balaban J connectivity index is 1.91. The number of ether oxygens (including phenoxy) is 2. The van der Waals surface area contributed by atoms with Crippen LogP contribution in [0.1, 0.15) is 18.1 Å². The van der Waals surface area contributed by atoms with Crippen LogP contribution in [-0.4, -0.2) is 18.5 Å². The van der Waals surface area contributed by atoms with E-state index in [4.69, 9.17) is 9.47 Å². The number of benzene rings is 2. The minimum atomic E-state index is -0.469. The van der Waals surface area contributed by atoms with E-state index in [1.54, 1.807) is 6.08 Å². The molecule has 0 saturated carbocycles. The van der Waals surface area contributed by atoms with Gasteiger partial charge in [-0.15, -0.1) is 0 Å². The number of hydrogen-bond donors (Lipinski definition) is 0. The number of halogens is 1. The summed E-state index contributed by atoms with van der Waals surface area (Å²) in [4.78, 5) is 16.5. The molecule has 3 rings (SSSR count). The number of hydrogen-bond acceptors (Lipinski definition) is 4. The molecule has 0 N–H and O–H groups in total. The van der Waals surface area contributed by atoms with Gasteiger partial charge in [0.2, 0.25) is 5.90 Å². The smallest absolute Gasteiger partial charge is 0.363 e. The van der Waals surface area contributed by atoms with Gasteiger partial charge >= 0.3 is 5.97 Å². The van der Waals surface area contributed by atoms with E-state index in [-0.39, 0.29) is 5.70 Å². The summed E-state index contributed by atoms with van der Waals surface area (Å²) in [5.41, 5.74) is 2.71. The molecule has 1 heterocycles. The molecule has 0 spiro atoms. The van der Waals surface area contributed by atoms with Crippen molar-refractivity contribution in [3.05, 3.63) is 81.1 Å². The number of aliphatic imine (C=N–C) groups is 1. The van der Waals surface area contributed by atoms with Crippen molar-refractivity contribution in [3.63, 3.8) is 0 Å². The summed E-state index contributed by atoms with van der Waals surface area (Å²) in [5.74, 6) is 0.516. The highest BCUT2D eigenvalue weighted by Gasteiger charge is 2.24. The standard InChI is InChI=1S/C20H16INO3/c1-13(2)12-24-18-9-4-3-6-14(18)11-17-20(23)25-19(22-17)15-7-5-8-16(21)10-15/h3-11H,1,12H2,2H3/b17-11+. The van der Waals surface area contributed by atoms with Gasteiger partial charge in [-0.05, 0) is 65.4 Å². The van der Waals surface area contributed by atoms with Crippen molar-refractivity contribution in [2.45, 2.75) is 6.92 Å². The van der Waals surface area contributed by atoms with Crippen LogP contribution in [0.5, 0.6) is 5.75 Å². The topological polar surface area (TPSA) is 47.9 Å². The SMILES string of the molecule is C=C(C)COc1ccccc1/C=C1/N=C(c2cccc(I)c2)OC1=O. The maximum Gasteiger partial charge on any atom is 0.363 e. The second kappa shape index (κ2) is 7.65. The first-order chi connectivity index (χ1) is 12.0. The maximum absolute atomic E-state index is 12.2. The molecule has 2 aromatic rings. The molecule has 1 aliphatic heterocycles. The Morgan fingerprint density at radius 1 is 1.28 bits per heavy atom. The zero-order valence-corrected chi connectivity index (χ0v) is 15.8. The molecule has 25 heavy (non-hydrogen) atoms. The van der Waals surface area contributed by atoms with E-state index < -0.39 is 5.97 Å². The van der Waals surface area contributed by atoms with Crippen LogP contribution in [0.3, 0.4) is 0 Å². The first kappa shape index (κ1) is 17.4. The largest absolute Gasteiger partial charge is 0.489 e. The van der Waals surface area contributed by atoms with Crippen molar-refractivity contribution >= 4 is 40.5 Å². The Hall–Kier alpha value is -2.41. The van der Waals surface area contributed by atoms with Crippen LogP contribution in [0, 0.1) is 3.57 Å². The van der Waals surface area contributed by atoms with E-state index in [1.165, 1.54) is 0 Å². The third-order valence-corrected chi connectivity index (χ3v) is 4.05. The number of nitrogens with zero attached hydrogens (tertiary/aromatic N) is 1. The Kier molecular flexibility index (Phi) is 5.33. The molecule has 0 saturated heterocycles. The monoisotopic (exact) mass is 445 g/mol. The van der Waals surface area contributed by atoms with E-state index in [1.807, 2.05) is 55.5 Å². The molecule has 0 amide bonds. The third kappa shape index (κ3) is 4.36. The molecule has 0 aliphatic carbocycles. The molecule has 5 heteroatoms. The van der Waals surface area contributed by atoms with Gasteiger partial charge in [-0.3, -0.25) is 0 Å². The number of para-hydroxylation sites is 1. The fourth-order valence-corrected chi connectivity index (χ4v) is 2.78. The first-order valence-corrected chi connectivity index (χ1v) is 8.75. The third-order valence-electron chi connectivity index (χ3n) is 3.38. The lowest BCUT2D eigenvalue weighted by Crippen LogP contribution is -2.05. The summed E-state index contributed by atoms with van der Waals surface area (Å²) in [5, 5.41) is 0. The highest BCUT2D eigenvalue weighted by molar-refractivity contribution is 14.1. The molecule has 126 valence electrons. The van der Waals surface area contributed by atoms with E-state index in [2.05, 4.69) is 34.2 Å². The van der Waals surface area contributed by atoms with Gasteiger partial charge in [-0.25, -0.2) is 9.79 Å². The Labute approximate surface area is 160 Å². The van der Waals surface area contributed by atoms with E-state index in [0.29, 0.717) is 18.3 Å². The van der Waals surface area contributed by atoms with Crippen LogP contribution >= 0.6 is 22.6 Å². The first-order valence-electron chi connectivity index (χ1n) is 7.67. The molecule has 0 atom stereocenters. The van der Waals surface area contributed by atoms with Gasteiger partial charge in [0.25, 0.3) is 0 Å². The highest BCUT2D eigenvalue weighted by atomic mass is 127. The highest BCUT2D eigenvalue weighted by Crippen LogP contribution is 2.25. The maximum atomic E-state index is 12.2. The van der Waals surface area contributed by atoms with Gasteiger partial charge in [0.15, 0.2) is 5.70 Å². The molecule has 2 aromatic carbocycles. The second-order valence-corrected chi connectivity index (χ2v) is 6.88. The zero-order valence-electron chi connectivity index (χ0n) is 13.7. The predicted octanol–water partition coefficient (Wildman–Crippen LogP) is 4.59. The number of esters is 1. The second-order valence-electron chi connectivity index (χ2n) is 5.63. The fourth-order valence-electron chi connectivity index (χ4n) is 2.23. The summed E-state index contributed by atoms with van der Waals surface area (Å²) in [6.07, 6.45) is 1.68. The van der Waals surface area contributed by atoms with Crippen molar-refractivity contribution in [2.24, 2.45) is 4.99 Å². The molecule has 0 aromatic heterocycles. The average molecular weight is 445 g/mol. The van der Waals surface area contributed by atoms with Gasteiger partial charge < -0.3 is 9.47 Å². The molecule has 1 aliphatic rings. The molecular formula is C20H16INO3. The summed E-state index contributed by atoms with van der Waals surface area (Å²) < 4.78 is 12.1. The van der Waals surface area contributed by atoms with Crippen molar-refractivity contribution in [1.82, 2.24) is 0 Å². The van der Waals surface area contributed by atoms with Gasteiger partial charge in [0.1, 0.15) is 12.4 Å². The van der Waals surface area contributed by atoms with Crippen molar-refractivity contribution in [3.8, 4) is 5.75 Å². The minimum Gasteiger partial charge on any atom is -0.489 e. The van der Waals surface area contributed by atoms with Crippen LogP contribution in [-0.2, 0) is 9.53 Å². The van der Waals surface area contributed by atoms with E-state index in [0.717, 1.165) is 20.3 Å². The lowest BCUT2D eigenvalue weighted by Gasteiger charge is -2.08. The summed E-state index contributed by atoms with van der Waals surface area (Å²) >= 11 is 2.21. The predicted molar refractivity (Wildman–Crippen MR) is 107 cm³/mol. The van der Waals surface area contributed by atoms with Crippen LogP contribution in [0.4, 0.5) is 0 Å². The Morgan fingerprint density at radius 3 is 2.84 bits per heavy atom. The van der Waals surface area contributed by atoms with Crippen molar-refractivity contribution in [2.75, 3.05) is 6.61 Å². The van der Waals surface area contributed by atoms with Gasteiger partial charge in [-0.2, -0.15) is 0 Å². The van der Waals surface area contributed by atoms with Gasteiger partial charge in [-0.1, -0.05) is 30.8 Å². The molecule has 0 radical (unpaired) electrons. The summed E-state index contributed by atoms with van der Waals surface area (Å²) in [6, 6.07) is 15.1. The number of rotatable bonds is 5. The van der Waals surface area contributed by atoms with Crippen LogP contribution < -0.4 is 4.74 Å². The summed E-state index contributed by atoms with van der Waals surface area (Å²) in [6.45, 7) is 6.14.